The number of hydrogen-bond donors (Lipinski definition) is 1. The normalized spacial score (nSPS) is 24.0. The molecule has 0 unspecified atom stereocenters. The monoisotopic (exact) mass is 192 g/mol. The van der Waals surface area contributed by atoms with Gasteiger partial charge in [-0.1, -0.05) is 11.5 Å². The third-order valence-electron chi connectivity index (χ3n) is 2.85. The van der Waals surface area contributed by atoms with E-state index in [2.05, 4.69) is 10.0 Å². The largest absolute Gasteiger partial charge is 0.467 e. The third-order valence-corrected chi connectivity index (χ3v) is 2.85. The lowest BCUT2D eigenvalue weighted by Crippen LogP contribution is -2.33. The Balaban J connectivity index is 2.30. The van der Waals surface area contributed by atoms with Gasteiger partial charge in [0.2, 0.25) is 5.90 Å². The van der Waals surface area contributed by atoms with E-state index < -0.39 is 5.60 Å². The minimum absolute atomic E-state index is 0.120. The molecule has 1 spiro atoms. The summed E-state index contributed by atoms with van der Waals surface area (Å²) in [5, 5.41) is 11.1. The van der Waals surface area contributed by atoms with Crippen molar-refractivity contribution in [2.45, 2.75) is 37.7 Å². The van der Waals surface area contributed by atoms with Crippen LogP contribution in [0, 0.1) is 5.41 Å². The van der Waals surface area contributed by atoms with Crippen LogP contribution < -0.4 is 0 Å². The van der Waals surface area contributed by atoms with Crippen LogP contribution in [0.2, 0.25) is 0 Å². The first-order valence-electron chi connectivity index (χ1n) is 4.82. The van der Waals surface area contributed by atoms with Gasteiger partial charge in [0.25, 0.3) is 0 Å². The maximum atomic E-state index is 8.42. The number of hydrogen-bond acceptors (Lipinski definition) is 3. The molecule has 1 N–H and O–H groups in total. The number of ether oxygens (including phenoxy) is 1. The van der Waals surface area contributed by atoms with Gasteiger partial charge in [-0.25, -0.2) is 0 Å². The van der Waals surface area contributed by atoms with Gasteiger partial charge in [0, 0.05) is 11.0 Å². The summed E-state index contributed by atoms with van der Waals surface area (Å²) in [5.41, 5.74) is 8.54. The van der Waals surface area contributed by atoms with Crippen molar-refractivity contribution in [3.05, 3.63) is 22.2 Å². The molecule has 14 heavy (non-hydrogen) atoms. The highest BCUT2D eigenvalue weighted by atomic mass is 16.5. The van der Waals surface area contributed by atoms with E-state index in [-0.39, 0.29) is 5.90 Å². The van der Waals surface area contributed by atoms with Gasteiger partial charge in [0.15, 0.2) is 0 Å². The molecule has 2 rings (SSSR count). The van der Waals surface area contributed by atoms with E-state index >= 15 is 0 Å². The molecule has 0 atom stereocenters. The molecule has 0 bridgehead atoms. The van der Waals surface area contributed by atoms with Gasteiger partial charge in [-0.3, -0.25) is 5.41 Å². The van der Waals surface area contributed by atoms with Crippen molar-refractivity contribution in [3.63, 3.8) is 0 Å². The van der Waals surface area contributed by atoms with E-state index in [1.165, 1.54) is 12.5 Å². The molecule has 0 amide bonds. The van der Waals surface area contributed by atoms with E-state index in [4.69, 9.17) is 15.7 Å². The Bertz CT molecular complexity index is 335. The highest BCUT2D eigenvalue weighted by molar-refractivity contribution is 5.89. The maximum Gasteiger partial charge on any atom is 0.206 e. The van der Waals surface area contributed by atoms with Crippen LogP contribution in [0.5, 0.6) is 0 Å². The predicted octanol–water partition coefficient (Wildman–Crippen LogP) is 2.89. The molecular formula is C9H12N4O. The van der Waals surface area contributed by atoms with E-state index in [0.717, 1.165) is 25.7 Å². The van der Waals surface area contributed by atoms with Gasteiger partial charge in [-0.05, 0) is 31.2 Å². The fraction of sp³-hybridized carbons (Fsp3) is 0.667. The summed E-state index contributed by atoms with van der Waals surface area (Å²) in [5.74, 6) is 0.120. The number of azide groups is 1. The van der Waals surface area contributed by atoms with Crippen LogP contribution in [0.4, 0.5) is 0 Å². The van der Waals surface area contributed by atoms with Crippen molar-refractivity contribution in [1.29, 1.82) is 5.41 Å². The second-order valence-electron chi connectivity index (χ2n) is 3.74. The molecule has 0 aromatic carbocycles. The van der Waals surface area contributed by atoms with Crippen molar-refractivity contribution in [2.75, 3.05) is 0 Å². The summed E-state index contributed by atoms with van der Waals surface area (Å²) in [4.78, 5) is 2.78. The van der Waals surface area contributed by atoms with E-state index in [9.17, 15) is 0 Å². The Kier molecular flexibility index (Phi) is 2.17. The second-order valence-corrected chi connectivity index (χ2v) is 3.74. The van der Waals surface area contributed by atoms with Crippen LogP contribution in [0.15, 0.2) is 16.9 Å². The summed E-state index contributed by atoms with van der Waals surface area (Å²) in [6.45, 7) is 0. The first kappa shape index (κ1) is 9.09. The molecular weight excluding hydrogens is 180 g/mol. The molecule has 1 aliphatic heterocycles. The molecule has 74 valence electrons. The van der Waals surface area contributed by atoms with Crippen LogP contribution in [0.1, 0.15) is 32.1 Å². The molecule has 0 radical (unpaired) electrons. The molecule has 0 saturated heterocycles. The highest BCUT2D eigenvalue weighted by Gasteiger charge is 2.42. The molecule has 1 saturated carbocycles. The zero-order valence-corrected chi connectivity index (χ0v) is 7.86. The average molecular weight is 192 g/mol. The second kappa shape index (κ2) is 3.35. The molecule has 1 fully saturated rings. The smallest absolute Gasteiger partial charge is 0.206 e. The minimum Gasteiger partial charge on any atom is -0.467 e. The summed E-state index contributed by atoms with van der Waals surface area (Å²) >= 11 is 0. The van der Waals surface area contributed by atoms with E-state index in [1.54, 1.807) is 0 Å². The summed E-state index contributed by atoms with van der Waals surface area (Å²) < 4.78 is 5.48. The van der Waals surface area contributed by atoms with Gasteiger partial charge in [-0.2, -0.15) is 0 Å². The molecule has 0 aromatic rings. The molecule has 1 heterocycles. The topological polar surface area (TPSA) is 81.8 Å². The SMILES string of the molecule is [N-]=[N+]=NC1=CC(=N)OC12CCCCC2. The fourth-order valence-electron chi connectivity index (χ4n) is 2.20. The third kappa shape index (κ3) is 1.36. The lowest BCUT2D eigenvalue weighted by atomic mass is 9.83. The summed E-state index contributed by atoms with van der Waals surface area (Å²) in [7, 11) is 0. The Labute approximate surface area is 81.9 Å². The van der Waals surface area contributed by atoms with Crippen LogP contribution in [-0.4, -0.2) is 11.5 Å². The summed E-state index contributed by atoms with van der Waals surface area (Å²) in [6, 6.07) is 0. The van der Waals surface area contributed by atoms with Gasteiger partial charge in [0.05, 0.1) is 5.70 Å². The van der Waals surface area contributed by atoms with E-state index in [0.29, 0.717) is 5.70 Å². The van der Waals surface area contributed by atoms with E-state index in [1.807, 2.05) is 0 Å². The van der Waals surface area contributed by atoms with Crippen molar-refractivity contribution < 1.29 is 4.74 Å². The van der Waals surface area contributed by atoms with Crippen molar-refractivity contribution in [3.8, 4) is 0 Å². The molecule has 2 aliphatic rings. The van der Waals surface area contributed by atoms with Gasteiger partial charge >= 0.3 is 0 Å². The first-order valence-corrected chi connectivity index (χ1v) is 4.82. The predicted molar refractivity (Wildman–Crippen MR) is 51.9 cm³/mol. The number of nitrogens with zero attached hydrogens (tertiary/aromatic N) is 3. The molecule has 0 aromatic heterocycles. The number of nitrogens with one attached hydrogen (secondary N) is 1. The molecule has 5 nitrogen and oxygen atoms in total. The average Bonchev–Trinajstić information content (AvgIpc) is 2.45. The standard InChI is InChI=1S/C9H12N4O/c10-8-6-7(12-13-11)9(14-8)4-2-1-3-5-9/h6,10H,1-5H2. The van der Waals surface area contributed by atoms with Crippen LogP contribution in [-0.2, 0) is 4.74 Å². The Morgan fingerprint density at radius 3 is 2.79 bits per heavy atom. The van der Waals surface area contributed by atoms with Crippen LogP contribution in [0.3, 0.4) is 0 Å². The maximum absolute atomic E-state index is 8.42. The fourth-order valence-corrected chi connectivity index (χ4v) is 2.20. The minimum atomic E-state index is -0.471. The van der Waals surface area contributed by atoms with Crippen molar-refractivity contribution in [1.82, 2.24) is 0 Å². The van der Waals surface area contributed by atoms with Crippen LogP contribution in [0.25, 0.3) is 10.4 Å². The van der Waals surface area contributed by atoms with Gasteiger partial charge in [0.1, 0.15) is 5.60 Å². The number of rotatable bonds is 1. The van der Waals surface area contributed by atoms with Crippen molar-refractivity contribution >= 4 is 5.90 Å². The quantitative estimate of drug-likeness (QED) is 0.386. The lowest BCUT2D eigenvalue weighted by molar-refractivity contribution is 0.0636. The summed E-state index contributed by atoms with van der Waals surface area (Å²) in [6.07, 6.45) is 6.60. The lowest BCUT2D eigenvalue weighted by Gasteiger charge is -2.33. The first-order chi connectivity index (χ1) is 6.77. The Morgan fingerprint density at radius 1 is 1.43 bits per heavy atom. The molecule has 5 heteroatoms. The Hall–Kier alpha value is -1.48. The van der Waals surface area contributed by atoms with Gasteiger partial charge in [-0.15, -0.1) is 0 Å². The van der Waals surface area contributed by atoms with Crippen LogP contribution >= 0.6 is 0 Å². The zero-order valence-electron chi connectivity index (χ0n) is 7.86. The van der Waals surface area contributed by atoms with Crippen molar-refractivity contribution in [2.24, 2.45) is 5.11 Å². The molecule has 1 aliphatic carbocycles. The Morgan fingerprint density at radius 2 is 2.14 bits per heavy atom. The van der Waals surface area contributed by atoms with Gasteiger partial charge < -0.3 is 4.74 Å². The highest BCUT2D eigenvalue weighted by Crippen LogP contribution is 2.41. The zero-order chi connectivity index (χ0) is 10.0.